The molecule has 1 aromatic heterocycles. The summed E-state index contributed by atoms with van der Waals surface area (Å²) in [6, 6.07) is 23.8. The van der Waals surface area contributed by atoms with Gasteiger partial charge in [-0.3, -0.25) is 0 Å². The van der Waals surface area contributed by atoms with Crippen molar-refractivity contribution >= 4 is 31.7 Å². The summed E-state index contributed by atoms with van der Waals surface area (Å²) < 4.78 is 39.7. The highest BCUT2D eigenvalue weighted by molar-refractivity contribution is 7.90. The van der Waals surface area contributed by atoms with Crippen molar-refractivity contribution in [2.45, 2.75) is 11.8 Å². The number of aromatic nitrogens is 2. The van der Waals surface area contributed by atoms with Crippen LogP contribution >= 0.6 is 0 Å². The highest BCUT2D eigenvalue weighted by Crippen LogP contribution is 2.41. The summed E-state index contributed by atoms with van der Waals surface area (Å²) in [5, 5.41) is 6.81. The first-order chi connectivity index (χ1) is 16.0. The Bertz CT molecular complexity index is 1590. The van der Waals surface area contributed by atoms with Crippen molar-refractivity contribution in [2.75, 3.05) is 14.2 Å². The van der Waals surface area contributed by atoms with E-state index in [-0.39, 0.29) is 4.90 Å². The largest absolute Gasteiger partial charge is 0.493 e. The second-order valence-electron chi connectivity index (χ2n) is 7.73. The van der Waals surface area contributed by atoms with Gasteiger partial charge in [0.15, 0.2) is 11.5 Å². The van der Waals surface area contributed by atoms with Crippen molar-refractivity contribution in [3.63, 3.8) is 0 Å². The molecular formula is C26H22N2O4S. The molecular weight excluding hydrogens is 436 g/mol. The van der Waals surface area contributed by atoms with Crippen molar-refractivity contribution < 1.29 is 17.9 Å². The molecule has 166 valence electrons. The monoisotopic (exact) mass is 458 g/mol. The number of methoxy groups -OCH3 is 2. The summed E-state index contributed by atoms with van der Waals surface area (Å²) in [4.78, 5) is 0.176. The number of ether oxygens (including phenoxy) is 2. The molecule has 0 saturated heterocycles. The minimum absolute atomic E-state index is 0.176. The smallest absolute Gasteiger partial charge is 0.283 e. The fourth-order valence-corrected chi connectivity index (χ4v) is 5.40. The van der Waals surface area contributed by atoms with Crippen LogP contribution in [-0.4, -0.2) is 31.8 Å². The highest BCUT2D eigenvalue weighted by atomic mass is 32.2. The predicted molar refractivity (Wildman–Crippen MR) is 130 cm³/mol. The van der Waals surface area contributed by atoms with E-state index in [4.69, 9.17) is 9.47 Å². The Morgan fingerprint density at radius 3 is 2.09 bits per heavy atom. The van der Waals surface area contributed by atoms with E-state index in [9.17, 15) is 8.42 Å². The third kappa shape index (κ3) is 3.32. The van der Waals surface area contributed by atoms with Gasteiger partial charge in [0.05, 0.1) is 24.6 Å². The van der Waals surface area contributed by atoms with Gasteiger partial charge in [-0.15, -0.1) is 0 Å². The van der Waals surface area contributed by atoms with Gasteiger partial charge in [0.2, 0.25) is 0 Å². The summed E-state index contributed by atoms with van der Waals surface area (Å²) in [6.07, 6.45) is 0. The predicted octanol–water partition coefficient (Wildman–Crippen LogP) is 5.42. The number of benzene rings is 4. The Kier molecular flexibility index (Phi) is 5.06. The number of hydrogen-bond donors (Lipinski definition) is 0. The SMILES string of the molecule is COc1ccc2c(ccc3c(-c4ccccc4)nn(S(=O)(=O)c4ccc(C)cc4)c32)c1OC. The average Bonchev–Trinajstić information content (AvgIpc) is 3.25. The van der Waals surface area contributed by atoms with Crippen LogP contribution in [0.2, 0.25) is 0 Å². The normalized spacial score (nSPS) is 11.7. The van der Waals surface area contributed by atoms with E-state index in [0.29, 0.717) is 28.1 Å². The molecule has 1 heterocycles. The van der Waals surface area contributed by atoms with E-state index in [2.05, 4.69) is 5.10 Å². The van der Waals surface area contributed by atoms with E-state index in [0.717, 1.165) is 26.0 Å². The molecule has 0 N–H and O–H groups in total. The zero-order valence-corrected chi connectivity index (χ0v) is 19.3. The molecule has 0 aliphatic heterocycles. The first-order valence-corrected chi connectivity index (χ1v) is 11.8. The Morgan fingerprint density at radius 1 is 0.758 bits per heavy atom. The zero-order valence-electron chi connectivity index (χ0n) is 18.4. The van der Waals surface area contributed by atoms with E-state index < -0.39 is 10.0 Å². The van der Waals surface area contributed by atoms with E-state index in [1.54, 1.807) is 44.6 Å². The second kappa shape index (κ2) is 7.94. The van der Waals surface area contributed by atoms with E-state index >= 15 is 0 Å². The van der Waals surface area contributed by atoms with Gasteiger partial charge in [0.1, 0.15) is 5.69 Å². The van der Waals surface area contributed by atoms with Gasteiger partial charge in [-0.2, -0.15) is 17.6 Å². The van der Waals surface area contributed by atoms with Gasteiger partial charge < -0.3 is 9.47 Å². The van der Waals surface area contributed by atoms with Gasteiger partial charge in [-0.25, -0.2) is 0 Å². The van der Waals surface area contributed by atoms with E-state index in [1.807, 2.05) is 55.5 Å². The van der Waals surface area contributed by atoms with Crippen molar-refractivity contribution in [2.24, 2.45) is 0 Å². The van der Waals surface area contributed by atoms with Crippen LogP contribution in [0.1, 0.15) is 5.56 Å². The molecule has 0 spiro atoms. The maximum Gasteiger partial charge on any atom is 0.283 e. The summed E-state index contributed by atoms with van der Waals surface area (Å²) in [6.45, 7) is 1.92. The van der Waals surface area contributed by atoms with Crippen LogP contribution in [0, 0.1) is 6.92 Å². The molecule has 0 fully saturated rings. The molecule has 4 aromatic carbocycles. The van der Waals surface area contributed by atoms with Crippen molar-refractivity contribution in [1.82, 2.24) is 9.19 Å². The fourth-order valence-electron chi connectivity index (χ4n) is 4.10. The standard InChI is InChI=1S/C26H22N2O4S/c1-17-9-11-19(12-10-17)33(29,30)28-25-20-15-16-23(31-2)26(32-3)21(20)13-14-22(25)24(27-28)18-7-5-4-6-8-18/h4-16H,1-3H3. The Morgan fingerprint density at radius 2 is 1.42 bits per heavy atom. The molecule has 0 aliphatic carbocycles. The van der Waals surface area contributed by atoms with Crippen molar-refractivity contribution in [3.8, 4) is 22.8 Å². The number of aryl methyl sites for hydroxylation is 1. The molecule has 0 amide bonds. The third-order valence-corrected chi connectivity index (χ3v) is 7.33. The van der Waals surface area contributed by atoms with Crippen LogP contribution in [0.15, 0.2) is 83.8 Å². The maximum absolute atomic E-state index is 13.8. The van der Waals surface area contributed by atoms with E-state index in [1.165, 1.54) is 0 Å². The first-order valence-electron chi connectivity index (χ1n) is 10.4. The lowest BCUT2D eigenvalue weighted by Gasteiger charge is -2.12. The molecule has 0 unspecified atom stereocenters. The van der Waals surface area contributed by atoms with Crippen LogP contribution in [-0.2, 0) is 10.0 Å². The molecule has 0 bridgehead atoms. The van der Waals surface area contributed by atoms with Gasteiger partial charge in [-0.1, -0.05) is 48.0 Å². The number of nitrogens with zero attached hydrogens (tertiary/aromatic N) is 2. The van der Waals surface area contributed by atoms with Crippen LogP contribution < -0.4 is 9.47 Å². The Balaban J connectivity index is 1.91. The van der Waals surface area contributed by atoms with Crippen LogP contribution in [0.5, 0.6) is 11.5 Å². The molecule has 0 saturated carbocycles. The molecule has 7 heteroatoms. The Hall–Kier alpha value is -3.84. The fraction of sp³-hybridized carbons (Fsp3) is 0.115. The highest BCUT2D eigenvalue weighted by Gasteiger charge is 2.26. The van der Waals surface area contributed by atoms with Crippen LogP contribution in [0.3, 0.4) is 0 Å². The molecule has 5 rings (SSSR count). The van der Waals surface area contributed by atoms with Gasteiger partial charge in [0.25, 0.3) is 10.0 Å². The summed E-state index contributed by atoms with van der Waals surface area (Å²) in [5.74, 6) is 1.11. The zero-order chi connectivity index (χ0) is 23.2. The molecule has 0 atom stereocenters. The minimum Gasteiger partial charge on any atom is -0.493 e. The first kappa shape index (κ1) is 21.0. The van der Waals surface area contributed by atoms with Gasteiger partial charge in [-0.05, 0) is 43.3 Å². The molecule has 0 aliphatic rings. The van der Waals surface area contributed by atoms with Crippen LogP contribution in [0.4, 0.5) is 0 Å². The number of fused-ring (bicyclic) bond motifs is 3. The lowest BCUT2D eigenvalue weighted by molar-refractivity contribution is 0.358. The molecule has 33 heavy (non-hydrogen) atoms. The molecule has 6 nitrogen and oxygen atoms in total. The van der Waals surface area contributed by atoms with Crippen LogP contribution in [0.25, 0.3) is 32.9 Å². The number of rotatable bonds is 5. The summed E-state index contributed by atoms with van der Waals surface area (Å²) in [5.41, 5.74) is 2.90. The number of hydrogen-bond acceptors (Lipinski definition) is 5. The minimum atomic E-state index is -3.96. The van der Waals surface area contributed by atoms with Gasteiger partial charge in [0, 0.05) is 21.7 Å². The topological polar surface area (TPSA) is 70.4 Å². The lowest BCUT2D eigenvalue weighted by Crippen LogP contribution is -2.14. The second-order valence-corrected chi connectivity index (χ2v) is 9.50. The maximum atomic E-state index is 13.8. The summed E-state index contributed by atoms with van der Waals surface area (Å²) in [7, 11) is -0.825. The third-order valence-electron chi connectivity index (χ3n) is 5.74. The molecule has 5 aromatic rings. The van der Waals surface area contributed by atoms with Crippen molar-refractivity contribution in [3.05, 3.63) is 84.4 Å². The molecule has 0 radical (unpaired) electrons. The Labute approximate surface area is 192 Å². The lowest BCUT2D eigenvalue weighted by atomic mass is 10.0. The van der Waals surface area contributed by atoms with Gasteiger partial charge >= 0.3 is 0 Å². The quantitative estimate of drug-likeness (QED) is 0.352. The van der Waals surface area contributed by atoms with Crippen molar-refractivity contribution in [1.29, 1.82) is 0 Å². The average molecular weight is 459 g/mol. The summed E-state index contributed by atoms with van der Waals surface area (Å²) >= 11 is 0.